The Kier molecular flexibility index (Phi) is 6.74. The lowest BCUT2D eigenvalue weighted by atomic mass is 10.2. The zero-order chi connectivity index (χ0) is 19.1. The van der Waals surface area contributed by atoms with Crippen molar-refractivity contribution in [1.29, 1.82) is 0 Å². The molecule has 144 valence electrons. The number of hydrogen-bond donors (Lipinski definition) is 3. The first-order valence-corrected chi connectivity index (χ1v) is 9.66. The highest BCUT2D eigenvalue weighted by molar-refractivity contribution is 7.13. The van der Waals surface area contributed by atoms with Crippen LogP contribution in [-0.4, -0.2) is 61.1 Å². The van der Waals surface area contributed by atoms with Gasteiger partial charge in [-0.3, -0.25) is 14.5 Å². The maximum Gasteiger partial charge on any atom is 0.275 e. The van der Waals surface area contributed by atoms with Gasteiger partial charge in [0.15, 0.2) is 5.13 Å². The first-order valence-electron chi connectivity index (χ1n) is 8.78. The van der Waals surface area contributed by atoms with Crippen LogP contribution < -0.4 is 16.0 Å². The summed E-state index contributed by atoms with van der Waals surface area (Å²) in [6, 6.07) is 6.93. The first kappa shape index (κ1) is 19.3. The Morgan fingerprint density at radius 3 is 2.48 bits per heavy atom. The second-order valence-electron chi connectivity index (χ2n) is 6.13. The number of anilines is 3. The molecule has 1 aromatic heterocycles. The van der Waals surface area contributed by atoms with Crippen LogP contribution in [0.25, 0.3) is 0 Å². The Balaban J connectivity index is 1.46. The summed E-state index contributed by atoms with van der Waals surface area (Å²) in [5.74, 6) is -0.400. The van der Waals surface area contributed by atoms with Gasteiger partial charge in [-0.05, 0) is 24.3 Å². The quantitative estimate of drug-likeness (QED) is 0.671. The fraction of sp³-hybridized carbons (Fsp3) is 0.389. The number of amides is 2. The lowest BCUT2D eigenvalue weighted by molar-refractivity contribution is -0.114. The van der Waals surface area contributed by atoms with E-state index < -0.39 is 0 Å². The van der Waals surface area contributed by atoms with Crippen LogP contribution in [0.4, 0.5) is 16.5 Å². The van der Waals surface area contributed by atoms with Crippen molar-refractivity contribution in [1.82, 2.24) is 9.88 Å². The highest BCUT2D eigenvalue weighted by atomic mass is 32.1. The van der Waals surface area contributed by atoms with E-state index in [2.05, 4.69) is 25.8 Å². The minimum atomic E-state index is -0.264. The van der Waals surface area contributed by atoms with Crippen molar-refractivity contribution in [2.24, 2.45) is 0 Å². The number of benzene rings is 1. The van der Waals surface area contributed by atoms with Gasteiger partial charge in [0.05, 0.1) is 13.2 Å². The van der Waals surface area contributed by atoms with E-state index in [1.807, 2.05) is 0 Å². The molecule has 2 aromatic rings. The Morgan fingerprint density at radius 1 is 1.15 bits per heavy atom. The molecule has 9 heteroatoms. The van der Waals surface area contributed by atoms with Crippen LogP contribution in [0.3, 0.4) is 0 Å². The molecule has 1 aliphatic heterocycles. The van der Waals surface area contributed by atoms with Gasteiger partial charge in [0.1, 0.15) is 5.69 Å². The molecule has 0 saturated carbocycles. The van der Waals surface area contributed by atoms with Gasteiger partial charge in [0.25, 0.3) is 5.91 Å². The normalized spacial score (nSPS) is 14.6. The first-order chi connectivity index (χ1) is 13.1. The summed E-state index contributed by atoms with van der Waals surface area (Å²) in [7, 11) is 0. The van der Waals surface area contributed by atoms with E-state index in [0.717, 1.165) is 44.5 Å². The fourth-order valence-electron chi connectivity index (χ4n) is 2.64. The second kappa shape index (κ2) is 9.45. The van der Waals surface area contributed by atoms with Crippen molar-refractivity contribution < 1.29 is 14.3 Å². The van der Waals surface area contributed by atoms with Gasteiger partial charge in [-0.1, -0.05) is 0 Å². The van der Waals surface area contributed by atoms with E-state index in [1.165, 1.54) is 18.3 Å². The van der Waals surface area contributed by atoms with E-state index in [-0.39, 0.29) is 11.8 Å². The van der Waals surface area contributed by atoms with Crippen LogP contribution in [-0.2, 0) is 9.53 Å². The van der Waals surface area contributed by atoms with Crippen molar-refractivity contribution in [3.05, 3.63) is 35.3 Å². The fourth-order valence-corrected chi connectivity index (χ4v) is 3.36. The zero-order valence-corrected chi connectivity index (χ0v) is 16.0. The van der Waals surface area contributed by atoms with E-state index in [1.54, 1.807) is 29.6 Å². The molecule has 0 aliphatic carbocycles. The Bertz CT molecular complexity index is 772. The summed E-state index contributed by atoms with van der Waals surface area (Å²) in [6.07, 6.45) is 0. The lowest BCUT2D eigenvalue weighted by Crippen LogP contribution is -2.39. The summed E-state index contributed by atoms with van der Waals surface area (Å²) >= 11 is 1.41. The average molecular weight is 389 g/mol. The standard InChI is InChI=1S/C18H23N5O3S/c1-13(24)20-14-2-4-15(5-3-14)21-17(25)16-12-27-18(22-16)19-6-7-23-8-10-26-11-9-23/h2-5,12H,6-11H2,1H3,(H,19,22)(H,20,24)(H,21,25). The molecule has 2 amide bonds. The van der Waals surface area contributed by atoms with Crippen LogP contribution in [0.15, 0.2) is 29.6 Å². The number of rotatable bonds is 7. The van der Waals surface area contributed by atoms with Gasteiger partial charge < -0.3 is 20.7 Å². The number of nitrogens with zero attached hydrogens (tertiary/aromatic N) is 2. The number of aromatic nitrogens is 1. The van der Waals surface area contributed by atoms with Crippen LogP contribution in [0.1, 0.15) is 17.4 Å². The van der Waals surface area contributed by atoms with E-state index in [4.69, 9.17) is 4.74 Å². The molecule has 8 nitrogen and oxygen atoms in total. The van der Waals surface area contributed by atoms with Gasteiger partial charge in [0.2, 0.25) is 5.91 Å². The third-order valence-electron chi connectivity index (χ3n) is 4.01. The minimum Gasteiger partial charge on any atom is -0.379 e. The summed E-state index contributed by atoms with van der Waals surface area (Å²) in [6.45, 7) is 6.62. The second-order valence-corrected chi connectivity index (χ2v) is 6.99. The number of thiazole rings is 1. The van der Waals surface area contributed by atoms with Crippen molar-refractivity contribution in [2.75, 3.05) is 55.3 Å². The SMILES string of the molecule is CC(=O)Nc1ccc(NC(=O)c2csc(NCCN3CCOCC3)n2)cc1. The number of hydrogen-bond acceptors (Lipinski definition) is 7. The molecule has 0 radical (unpaired) electrons. The maximum atomic E-state index is 12.3. The summed E-state index contributed by atoms with van der Waals surface area (Å²) in [5, 5.41) is 11.2. The van der Waals surface area contributed by atoms with Crippen LogP contribution >= 0.6 is 11.3 Å². The monoisotopic (exact) mass is 389 g/mol. The molecule has 0 unspecified atom stereocenters. The zero-order valence-electron chi connectivity index (χ0n) is 15.2. The molecule has 1 saturated heterocycles. The highest BCUT2D eigenvalue weighted by Gasteiger charge is 2.12. The van der Waals surface area contributed by atoms with Crippen LogP contribution in [0, 0.1) is 0 Å². The molecule has 3 rings (SSSR count). The molecular formula is C18H23N5O3S. The molecule has 0 spiro atoms. The van der Waals surface area contributed by atoms with Gasteiger partial charge in [-0.2, -0.15) is 0 Å². The summed E-state index contributed by atoms with van der Waals surface area (Å²) in [4.78, 5) is 30.0. The van der Waals surface area contributed by atoms with Gasteiger partial charge in [-0.25, -0.2) is 4.98 Å². The third kappa shape index (κ3) is 6.02. The van der Waals surface area contributed by atoms with Gasteiger partial charge in [-0.15, -0.1) is 11.3 Å². The Labute approximate surface area is 161 Å². The largest absolute Gasteiger partial charge is 0.379 e. The number of nitrogens with one attached hydrogen (secondary N) is 3. The predicted octanol–water partition coefficient (Wildman–Crippen LogP) is 2.10. The summed E-state index contributed by atoms with van der Waals surface area (Å²) in [5.41, 5.74) is 1.70. The number of morpholine rings is 1. The van der Waals surface area contributed by atoms with Crippen molar-refractivity contribution in [3.8, 4) is 0 Å². The lowest BCUT2D eigenvalue weighted by Gasteiger charge is -2.26. The van der Waals surface area contributed by atoms with Crippen LogP contribution in [0.2, 0.25) is 0 Å². The van der Waals surface area contributed by atoms with E-state index in [0.29, 0.717) is 17.1 Å². The molecule has 1 aliphatic rings. The number of carbonyl (C=O) groups excluding carboxylic acids is 2. The smallest absolute Gasteiger partial charge is 0.275 e. The Morgan fingerprint density at radius 2 is 1.81 bits per heavy atom. The van der Waals surface area contributed by atoms with Crippen molar-refractivity contribution >= 4 is 39.7 Å². The van der Waals surface area contributed by atoms with E-state index in [9.17, 15) is 9.59 Å². The molecule has 1 aromatic carbocycles. The number of carbonyl (C=O) groups is 2. The van der Waals surface area contributed by atoms with Gasteiger partial charge >= 0.3 is 0 Å². The maximum absolute atomic E-state index is 12.3. The predicted molar refractivity (Wildman–Crippen MR) is 107 cm³/mol. The minimum absolute atomic E-state index is 0.136. The topological polar surface area (TPSA) is 95.6 Å². The van der Waals surface area contributed by atoms with E-state index >= 15 is 0 Å². The molecule has 0 bridgehead atoms. The molecule has 1 fully saturated rings. The van der Waals surface area contributed by atoms with Crippen LogP contribution in [0.5, 0.6) is 0 Å². The molecule has 27 heavy (non-hydrogen) atoms. The molecule has 2 heterocycles. The Hall–Kier alpha value is -2.49. The molecule has 3 N–H and O–H groups in total. The average Bonchev–Trinajstić information content (AvgIpc) is 3.13. The van der Waals surface area contributed by atoms with Crippen molar-refractivity contribution in [2.45, 2.75) is 6.92 Å². The molecular weight excluding hydrogens is 366 g/mol. The number of ether oxygens (including phenoxy) is 1. The highest BCUT2D eigenvalue weighted by Crippen LogP contribution is 2.18. The van der Waals surface area contributed by atoms with Crippen molar-refractivity contribution in [3.63, 3.8) is 0 Å². The van der Waals surface area contributed by atoms with Gasteiger partial charge in [0, 0.05) is 49.9 Å². The third-order valence-corrected chi connectivity index (χ3v) is 4.81. The molecule has 0 atom stereocenters. The summed E-state index contributed by atoms with van der Waals surface area (Å²) < 4.78 is 5.33.